The third-order valence-corrected chi connectivity index (χ3v) is 3.80. The van der Waals surface area contributed by atoms with Crippen LogP contribution in [-0.2, 0) is 11.3 Å². The molecule has 0 atom stereocenters. The minimum Gasteiger partial charge on any atom is -0.356 e. The first-order valence-corrected chi connectivity index (χ1v) is 7.91. The Hall–Kier alpha value is -2.04. The maximum Gasteiger partial charge on any atom is 0.224 e. The molecule has 22 heavy (non-hydrogen) atoms. The standard InChI is InChI=1S/C17H26N4O/c1-18-17(20-12-14-8-9-14)19-11-10-16(22)21(2)13-15-6-4-3-5-7-15/h3-7,14H,8-13H2,1-2H3,(H2,18,19,20). The van der Waals surface area contributed by atoms with Crippen LogP contribution in [0.25, 0.3) is 0 Å². The molecule has 120 valence electrons. The topological polar surface area (TPSA) is 56.7 Å². The van der Waals surface area contributed by atoms with Gasteiger partial charge in [-0.15, -0.1) is 0 Å². The Labute approximate surface area is 132 Å². The number of amides is 1. The number of aliphatic imine (C=N–C) groups is 1. The SMILES string of the molecule is CN=C(NCCC(=O)N(C)Cc1ccccc1)NCC1CC1. The van der Waals surface area contributed by atoms with Crippen molar-refractivity contribution in [3.63, 3.8) is 0 Å². The molecule has 1 aliphatic rings. The lowest BCUT2D eigenvalue weighted by atomic mass is 10.2. The van der Waals surface area contributed by atoms with E-state index in [9.17, 15) is 4.79 Å². The van der Waals surface area contributed by atoms with Crippen LogP contribution in [-0.4, -0.2) is 44.0 Å². The highest BCUT2D eigenvalue weighted by atomic mass is 16.2. The minimum atomic E-state index is 0.133. The van der Waals surface area contributed by atoms with Crippen LogP contribution in [0, 0.1) is 5.92 Å². The summed E-state index contributed by atoms with van der Waals surface area (Å²) in [7, 11) is 3.60. The third-order valence-electron chi connectivity index (χ3n) is 3.80. The first-order valence-electron chi connectivity index (χ1n) is 7.91. The molecule has 5 nitrogen and oxygen atoms in total. The average Bonchev–Trinajstić information content (AvgIpc) is 3.35. The van der Waals surface area contributed by atoms with Gasteiger partial charge in [0.05, 0.1) is 0 Å². The summed E-state index contributed by atoms with van der Waals surface area (Å²) in [5.41, 5.74) is 1.15. The lowest BCUT2D eigenvalue weighted by Gasteiger charge is -2.18. The molecule has 2 N–H and O–H groups in total. The van der Waals surface area contributed by atoms with E-state index in [1.54, 1.807) is 11.9 Å². The van der Waals surface area contributed by atoms with E-state index < -0.39 is 0 Å². The fraction of sp³-hybridized carbons (Fsp3) is 0.529. The fourth-order valence-corrected chi connectivity index (χ4v) is 2.21. The van der Waals surface area contributed by atoms with Crippen LogP contribution in [0.15, 0.2) is 35.3 Å². The second kappa shape index (κ2) is 8.41. The lowest BCUT2D eigenvalue weighted by Crippen LogP contribution is -2.40. The van der Waals surface area contributed by atoms with Crippen molar-refractivity contribution in [3.05, 3.63) is 35.9 Å². The lowest BCUT2D eigenvalue weighted by molar-refractivity contribution is -0.130. The highest BCUT2D eigenvalue weighted by Gasteiger charge is 2.21. The molecule has 0 unspecified atom stereocenters. The molecule has 5 heteroatoms. The zero-order valence-electron chi connectivity index (χ0n) is 13.5. The van der Waals surface area contributed by atoms with E-state index in [-0.39, 0.29) is 5.91 Å². The van der Waals surface area contributed by atoms with Gasteiger partial charge in [-0.3, -0.25) is 9.79 Å². The van der Waals surface area contributed by atoms with E-state index in [0.717, 1.165) is 24.0 Å². The molecule has 0 heterocycles. The van der Waals surface area contributed by atoms with Gasteiger partial charge in [0.25, 0.3) is 0 Å². The van der Waals surface area contributed by atoms with E-state index in [2.05, 4.69) is 15.6 Å². The monoisotopic (exact) mass is 302 g/mol. The van der Waals surface area contributed by atoms with Gasteiger partial charge in [-0.25, -0.2) is 0 Å². The molecular formula is C17H26N4O. The Balaban J connectivity index is 1.65. The Morgan fingerprint density at radius 2 is 2.00 bits per heavy atom. The van der Waals surface area contributed by atoms with Crippen LogP contribution in [0.4, 0.5) is 0 Å². The Bertz CT molecular complexity index is 497. The summed E-state index contributed by atoms with van der Waals surface area (Å²) in [6.45, 7) is 2.22. The first-order chi connectivity index (χ1) is 10.7. The van der Waals surface area contributed by atoms with E-state index >= 15 is 0 Å². The van der Waals surface area contributed by atoms with Gasteiger partial charge in [0.2, 0.25) is 5.91 Å². The van der Waals surface area contributed by atoms with Gasteiger partial charge < -0.3 is 15.5 Å². The summed E-state index contributed by atoms with van der Waals surface area (Å²) < 4.78 is 0. The summed E-state index contributed by atoms with van der Waals surface area (Å²) >= 11 is 0. The maximum atomic E-state index is 12.1. The minimum absolute atomic E-state index is 0.133. The number of hydrogen-bond donors (Lipinski definition) is 2. The number of benzene rings is 1. The van der Waals surface area contributed by atoms with E-state index in [1.807, 2.05) is 37.4 Å². The first kappa shape index (κ1) is 16.3. The van der Waals surface area contributed by atoms with Crippen molar-refractivity contribution in [1.29, 1.82) is 0 Å². The summed E-state index contributed by atoms with van der Waals surface area (Å²) in [6.07, 6.45) is 3.09. The van der Waals surface area contributed by atoms with Gasteiger partial charge >= 0.3 is 0 Å². The molecule has 1 amide bonds. The molecule has 1 saturated carbocycles. The van der Waals surface area contributed by atoms with Gasteiger partial charge in [-0.1, -0.05) is 30.3 Å². The summed E-state index contributed by atoms with van der Waals surface area (Å²) in [5, 5.41) is 6.48. The second-order valence-electron chi connectivity index (χ2n) is 5.81. The zero-order valence-corrected chi connectivity index (χ0v) is 13.5. The van der Waals surface area contributed by atoms with Gasteiger partial charge in [0.1, 0.15) is 0 Å². The number of nitrogens with one attached hydrogen (secondary N) is 2. The van der Waals surface area contributed by atoms with Gasteiger partial charge in [-0.05, 0) is 24.3 Å². The van der Waals surface area contributed by atoms with Gasteiger partial charge in [-0.2, -0.15) is 0 Å². The zero-order chi connectivity index (χ0) is 15.8. The van der Waals surface area contributed by atoms with Crippen molar-refractivity contribution in [2.24, 2.45) is 10.9 Å². The van der Waals surface area contributed by atoms with Crippen molar-refractivity contribution < 1.29 is 4.79 Å². The Morgan fingerprint density at radius 1 is 1.27 bits per heavy atom. The molecule has 2 rings (SSSR count). The van der Waals surface area contributed by atoms with Gasteiger partial charge in [0.15, 0.2) is 5.96 Å². The van der Waals surface area contributed by atoms with Crippen molar-refractivity contribution >= 4 is 11.9 Å². The summed E-state index contributed by atoms with van der Waals surface area (Å²) in [6, 6.07) is 10.0. The van der Waals surface area contributed by atoms with E-state index in [0.29, 0.717) is 19.5 Å². The quantitative estimate of drug-likeness (QED) is 0.594. The maximum absolute atomic E-state index is 12.1. The predicted molar refractivity (Wildman–Crippen MR) is 89.6 cm³/mol. The molecule has 0 spiro atoms. The number of guanidine groups is 1. The number of rotatable bonds is 7. The summed E-state index contributed by atoms with van der Waals surface area (Å²) in [5.74, 6) is 1.72. The van der Waals surface area contributed by atoms with E-state index in [1.165, 1.54) is 12.8 Å². The van der Waals surface area contributed by atoms with Crippen LogP contribution in [0.3, 0.4) is 0 Å². The van der Waals surface area contributed by atoms with Crippen LogP contribution >= 0.6 is 0 Å². The molecule has 1 fully saturated rings. The Morgan fingerprint density at radius 3 is 2.64 bits per heavy atom. The molecule has 0 aliphatic heterocycles. The smallest absolute Gasteiger partial charge is 0.224 e. The molecule has 0 aromatic heterocycles. The number of nitrogens with zero attached hydrogens (tertiary/aromatic N) is 2. The fourth-order valence-electron chi connectivity index (χ4n) is 2.21. The van der Waals surface area contributed by atoms with Crippen molar-refractivity contribution in [2.75, 3.05) is 27.2 Å². The summed E-state index contributed by atoms with van der Waals surface area (Å²) in [4.78, 5) is 18.0. The largest absolute Gasteiger partial charge is 0.356 e. The highest BCUT2D eigenvalue weighted by molar-refractivity contribution is 5.81. The molecule has 1 aromatic carbocycles. The number of carbonyl (C=O) groups excluding carboxylic acids is 1. The van der Waals surface area contributed by atoms with Crippen molar-refractivity contribution in [2.45, 2.75) is 25.8 Å². The molecule has 0 bridgehead atoms. The third kappa shape index (κ3) is 5.76. The average molecular weight is 302 g/mol. The van der Waals surface area contributed by atoms with Gasteiger partial charge in [0, 0.05) is 40.2 Å². The van der Waals surface area contributed by atoms with Crippen LogP contribution in [0.1, 0.15) is 24.8 Å². The normalized spacial score (nSPS) is 14.5. The van der Waals surface area contributed by atoms with Crippen LogP contribution in [0.5, 0.6) is 0 Å². The van der Waals surface area contributed by atoms with Crippen molar-refractivity contribution in [3.8, 4) is 0 Å². The molecule has 0 saturated heterocycles. The number of carbonyl (C=O) groups is 1. The molecule has 1 aliphatic carbocycles. The molecular weight excluding hydrogens is 276 g/mol. The van der Waals surface area contributed by atoms with Crippen LogP contribution in [0.2, 0.25) is 0 Å². The Kier molecular flexibility index (Phi) is 6.25. The van der Waals surface area contributed by atoms with E-state index in [4.69, 9.17) is 0 Å². The molecule has 0 radical (unpaired) electrons. The second-order valence-corrected chi connectivity index (χ2v) is 5.81. The van der Waals surface area contributed by atoms with Crippen molar-refractivity contribution in [1.82, 2.24) is 15.5 Å². The predicted octanol–water partition coefficient (Wildman–Crippen LogP) is 1.61. The highest BCUT2D eigenvalue weighted by Crippen LogP contribution is 2.27. The number of hydrogen-bond acceptors (Lipinski definition) is 2. The van der Waals surface area contributed by atoms with Crippen LogP contribution < -0.4 is 10.6 Å². The molecule has 1 aromatic rings.